The molecule has 1 N–H and O–H groups in total. The van der Waals surface area contributed by atoms with Gasteiger partial charge in [-0.25, -0.2) is 8.42 Å². The molecule has 0 radical (unpaired) electrons. The number of carbonyl (C=O) groups excluding carboxylic acids is 2. The van der Waals surface area contributed by atoms with E-state index in [0.717, 1.165) is 59.2 Å². The molecule has 268 valence electrons. The van der Waals surface area contributed by atoms with Crippen LogP contribution in [0.2, 0.25) is 0 Å². The first kappa shape index (κ1) is 37.0. The van der Waals surface area contributed by atoms with Crippen LogP contribution in [0.4, 0.5) is 11.4 Å². The first-order valence-electron chi connectivity index (χ1n) is 17.1. The zero-order chi connectivity index (χ0) is 36.5. The highest BCUT2D eigenvalue weighted by Crippen LogP contribution is 2.30. The standard InChI is InChI=1S/C39H44N4O7S/c1-28-12-10-11-15-31(28)26-41(37(24-30-13-6-4-7-14-30)39(45)40-32-16-8-5-9-17-32)38(44)27-42(33-19-21-34(50-3)22-20-33)51(48,49)35-23-18-29(2)36(25-35)43(46)47/h4,6-7,10-15,18-23,25,32,37H,5,8-9,16-17,24,26-27H2,1-3H3,(H,40,45)/t37-/m1/s1. The molecule has 1 atom stereocenters. The molecule has 12 heteroatoms. The maximum Gasteiger partial charge on any atom is 0.273 e. The van der Waals surface area contributed by atoms with Gasteiger partial charge in [-0.15, -0.1) is 0 Å². The largest absolute Gasteiger partial charge is 0.497 e. The second-order valence-corrected chi connectivity index (χ2v) is 14.8. The number of carbonyl (C=O) groups is 2. The van der Waals surface area contributed by atoms with Gasteiger partial charge in [-0.1, -0.05) is 79.9 Å². The number of amides is 2. The number of nitro groups is 1. The molecule has 11 nitrogen and oxygen atoms in total. The maximum absolute atomic E-state index is 14.8. The minimum Gasteiger partial charge on any atom is -0.497 e. The Hall–Kier alpha value is -5.23. The third kappa shape index (κ3) is 9.12. The average Bonchev–Trinajstić information content (AvgIpc) is 3.13. The number of nitrogens with one attached hydrogen (secondary N) is 1. The summed E-state index contributed by atoms with van der Waals surface area (Å²) in [4.78, 5) is 41.4. The summed E-state index contributed by atoms with van der Waals surface area (Å²) in [5, 5.41) is 15.0. The molecular weight excluding hydrogens is 669 g/mol. The number of methoxy groups -OCH3 is 1. The lowest BCUT2D eigenvalue weighted by Crippen LogP contribution is -2.55. The molecular formula is C39H44N4O7S. The van der Waals surface area contributed by atoms with Crippen molar-refractivity contribution in [1.82, 2.24) is 10.2 Å². The summed E-state index contributed by atoms with van der Waals surface area (Å²) in [7, 11) is -3.06. The van der Waals surface area contributed by atoms with Crippen LogP contribution >= 0.6 is 0 Å². The number of nitrogens with zero attached hydrogens (tertiary/aromatic N) is 3. The highest BCUT2D eigenvalue weighted by molar-refractivity contribution is 7.92. The van der Waals surface area contributed by atoms with Gasteiger partial charge in [-0.2, -0.15) is 0 Å². The minimum absolute atomic E-state index is 0.0200. The number of ether oxygens (including phenoxy) is 1. The molecule has 0 heterocycles. The molecule has 0 aromatic heterocycles. The predicted molar refractivity (Wildman–Crippen MR) is 196 cm³/mol. The van der Waals surface area contributed by atoms with E-state index in [4.69, 9.17) is 4.74 Å². The fraction of sp³-hybridized carbons (Fsp3) is 0.333. The lowest BCUT2D eigenvalue weighted by molar-refractivity contribution is -0.385. The van der Waals surface area contributed by atoms with E-state index in [1.165, 1.54) is 43.2 Å². The fourth-order valence-electron chi connectivity index (χ4n) is 6.42. The van der Waals surface area contributed by atoms with E-state index in [0.29, 0.717) is 11.3 Å². The fourth-order valence-corrected chi connectivity index (χ4v) is 7.85. The smallest absolute Gasteiger partial charge is 0.273 e. The topological polar surface area (TPSA) is 139 Å². The summed E-state index contributed by atoms with van der Waals surface area (Å²) in [5.41, 5.74) is 2.64. The van der Waals surface area contributed by atoms with Crippen molar-refractivity contribution in [2.24, 2.45) is 0 Å². The predicted octanol–water partition coefficient (Wildman–Crippen LogP) is 6.50. The molecule has 1 fully saturated rings. The third-order valence-corrected chi connectivity index (χ3v) is 11.2. The number of anilines is 1. The second-order valence-electron chi connectivity index (χ2n) is 12.9. The van der Waals surface area contributed by atoms with E-state index in [-0.39, 0.29) is 41.2 Å². The van der Waals surface area contributed by atoms with Crippen molar-refractivity contribution < 1.29 is 27.7 Å². The maximum atomic E-state index is 14.8. The molecule has 4 aromatic carbocycles. The Morgan fingerprint density at radius 1 is 0.902 bits per heavy atom. The number of hydrogen-bond acceptors (Lipinski definition) is 7. The molecule has 4 aromatic rings. The molecule has 5 rings (SSSR count). The quantitative estimate of drug-likeness (QED) is 0.116. The van der Waals surface area contributed by atoms with E-state index in [1.807, 2.05) is 61.5 Å². The zero-order valence-electron chi connectivity index (χ0n) is 29.2. The highest BCUT2D eigenvalue weighted by atomic mass is 32.2. The first-order chi connectivity index (χ1) is 24.5. The molecule has 51 heavy (non-hydrogen) atoms. The Labute approximate surface area is 299 Å². The number of aryl methyl sites for hydroxylation is 2. The van der Waals surface area contributed by atoms with E-state index >= 15 is 0 Å². The van der Waals surface area contributed by atoms with E-state index in [2.05, 4.69) is 5.32 Å². The third-order valence-electron chi connectivity index (χ3n) is 9.43. The number of hydrogen-bond donors (Lipinski definition) is 1. The molecule has 0 spiro atoms. The molecule has 0 unspecified atom stereocenters. The van der Waals surface area contributed by atoms with Crippen LogP contribution in [-0.4, -0.2) is 55.8 Å². The average molecular weight is 713 g/mol. The van der Waals surface area contributed by atoms with Crippen molar-refractivity contribution in [2.45, 2.75) is 75.9 Å². The molecule has 0 bridgehead atoms. The monoisotopic (exact) mass is 712 g/mol. The Kier molecular flexibility index (Phi) is 12.1. The minimum atomic E-state index is -4.54. The second kappa shape index (κ2) is 16.7. The van der Waals surface area contributed by atoms with Gasteiger partial charge in [0.1, 0.15) is 18.3 Å². The van der Waals surface area contributed by atoms with Gasteiger partial charge in [-0.05, 0) is 73.7 Å². The molecule has 0 saturated heterocycles. The van der Waals surface area contributed by atoms with E-state index in [1.54, 1.807) is 12.1 Å². The first-order valence-corrected chi connectivity index (χ1v) is 18.5. The van der Waals surface area contributed by atoms with Crippen molar-refractivity contribution in [3.8, 4) is 5.75 Å². The van der Waals surface area contributed by atoms with Crippen molar-refractivity contribution in [3.05, 3.63) is 129 Å². The summed E-state index contributed by atoms with van der Waals surface area (Å²) in [6, 6.07) is 25.8. The molecule has 2 amide bonds. The number of benzene rings is 4. The Balaban J connectivity index is 1.60. The number of rotatable bonds is 14. The lowest BCUT2D eigenvalue weighted by Gasteiger charge is -2.35. The van der Waals surface area contributed by atoms with Gasteiger partial charge in [-0.3, -0.25) is 24.0 Å². The van der Waals surface area contributed by atoms with Crippen LogP contribution in [0.15, 0.2) is 102 Å². The summed E-state index contributed by atoms with van der Waals surface area (Å²) < 4.78 is 35.1. The Morgan fingerprint density at radius 3 is 2.22 bits per heavy atom. The summed E-state index contributed by atoms with van der Waals surface area (Å²) in [6.45, 7) is 2.82. The van der Waals surface area contributed by atoms with Gasteiger partial charge in [0, 0.05) is 30.6 Å². The SMILES string of the molecule is COc1ccc(N(CC(=O)N(Cc2ccccc2C)[C@H](Cc2ccccc2)C(=O)NC2CCCCC2)S(=O)(=O)c2ccc(C)c([N+](=O)[O-])c2)cc1. The van der Waals surface area contributed by atoms with Crippen LogP contribution in [0, 0.1) is 24.0 Å². The normalized spacial score (nSPS) is 13.9. The van der Waals surface area contributed by atoms with Crippen LogP contribution in [0.3, 0.4) is 0 Å². The summed E-state index contributed by atoms with van der Waals surface area (Å²) in [5.74, 6) is -0.448. The Morgan fingerprint density at radius 2 is 1.57 bits per heavy atom. The molecule has 1 aliphatic rings. The van der Waals surface area contributed by atoms with Gasteiger partial charge in [0.15, 0.2) is 0 Å². The molecule has 1 aliphatic carbocycles. The van der Waals surface area contributed by atoms with Crippen LogP contribution in [0.1, 0.15) is 54.4 Å². The van der Waals surface area contributed by atoms with Crippen molar-refractivity contribution in [3.63, 3.8) is 0 Å². The number of sulfonamides is 1. The molecule has 1 saturated carbocycles. The van der Waals surface area contributed by atoms with Crippen LogP contribution in [0.5, 0.6) is 5.75 Å². The van der Waals surface area contributed by atoms with E-state index in [9.17, 15) is 28.1 Å². The van der Waals surface area contributed by atoms with Gasteiger partial charge in [0.05, 0.1) is 22.6 Å². The van der Waals surface area contributed by atoms with Crippen LogP contribution in [0.25, 0.3) is 0 Å². The van der Waals surface area contributed by atoms with Crippen molar-refractivity contribution >= 4 is 33.2 Å². The van der Waals surface area contributed by atoms with Crippen LogP contribution < -0.4 is 14.4 Å². The Bertz CT molecular complexity index is 1950. The summed E-state index contributed by atoms with van der Waals surface area (Å²) in [6.07, 6.45) is 5.02. The lowest BCUT2D eigenvalue weighted by atomic mass is 9.94. The zero-order valence-corrected chi connectivity index (χ0v) is 30.0. The summed E-state index contributed by atoms with van der Waals surface area (Å²) >= 11 is 0. The van der Waals surface area contributed by atoms with Crippen LogP contribution in [-0.2, 0) is 32.6 Å². The number of nitro benzene ring substituents is 1. The highest BCUT2D eigenvalue weighted by Gasteiger charge is 2.36. The van der Waals surface area contributed by atoms with Crippen molar-refractivity contribution in [2.75, 3.05) is 18.0 Å². The van der Waals surface area contributed by atoms with Gasteiger partial charge in [0.2, 0.25) is 11.8 Å². The molecule has 0 aliphatic heterocycles. The van der Waals surface area contributed by atoms with Gasteiger partial charge < -0.3 is 15.0 Å². The van der Waals surface area contributed by atoms with Gasteiger partial charge >= 0.3 is 0 Å². The van der Waals surface area contributed by atoms with Crippen molar-refractivity contribution in [1.29, 1.82) is 0 Å². The van der Waals surface area contributed by atoms with E-state index < -0.39 is 33.4 Å². The van der Waals surface area contributed by atoms with Gasteiger partial charge in [0.25, 0.3) is 15.7 Å².